The maximum Gasteiger partial charge on any atom is 0.264 e. The van der Waals surface area contributed by atoms with Crippen molar-refractivity contribution in [3.8, 4) is 0 Å². The number of carbonyl (C=O) groups is 2. The number of halogens is 2. The number of nitrogens with one attached hydrogen (secondary N) is 1. The standard InChI is InChI=1S/C27H29Cl2N3O4S/c1-18-12-19(2)14-23(13-18)32(37(35,36)24-8-6-5-7-9-24)17-26(33)31(20(3)27(34)30-4)16-21-10-11-22(28)15-25(21)29/h5-15,20H,16-17H2,1-4H3,(H,30,34)/t20-/m1/s1. The molecule has 0 radical (unpaired) electrons. The second kappa shape index (κ2) is 12.0. The van der Waals surface area contributed by atoms with Crippen LogP contribution in [0.1, 0.15) is 23.6 Å². The Kier molecular flexibility index (Phi) is 9.23. The number of hydrogen-bond acceptors (Lipinski definition) is 4. The van der Waals surface area contributed by atoms with Gasteiger partial charge < -0.3 is 10.2 Å². The lowest BCUT2D eigenvalue weighted by atomic mass is 10.1. The lowest BCUT2D eigenvalue weighted by molar-refractivity contribution is -0.139. The number of rotatable bonds is 9. The summed E-state index contributed by atoms with van der Waals surface area (Å²) >= 11 is 12.4. The summed E-state index contributed by atoms with van der Waals surface area (Å²) in [4.78, 5) is 27.7. The molecule has 0 heterocycles. The molecule has 7 nitrogen and oxygen atoms in total. The molecule has 196 valence electrons. The van der Waals surface area contributed by atoms with E-state index in [9.17, 15) is 18.0 Å². The third kappa shape index (κ3) is 6.83. The van der Waals surface area contributed by atoms with Crippen LogP contribution in [-0.4, -0.2) is 44.8 Å². The molecule has 0 aliphatic rings. The third-order valence-electron chi connectivity index (χ3n) is 5.87. The van der Waals surface area contributed by atoms with Gasteiger partial charge in [-0.05, 0) is 73.9 Å². The number of benzene rings is 3. The molecule has 0 saturated carbocycles. The lowest BCUT2D eigenvalue weighted by Gasteiger charge is -2.32. The molecular weight excluding hydrogens is 533 g/mol. The van der Waals surface area contributed by atoms with Gasteiger partial charge in [0.1, 0.15) is 12.6 Å². The molecule has 0 aliphatic carbocycles. The molecule has 3 aromatic rings. The second-order valence-electron chi connectivity index (χ2n) is 8.72. The van der Waals surface area contributed by atoms with Gasteiger partial charge in [0.25, 0.3) is 10.0 Å². The van der Waals surface area contributed by atoms with Crippen LogP contribution in [0.2, 0.25) is 10.0 Å². The van der Waals surface area contributed by atoms with E-state index >= 15 is 0 Å². The monoisotopic (exact) mass is 561 g/mol. The second-order valence-corrected chi connectivity index (χ2v) is 11.4. The largest absolute Gasteiger partial charge is 0.357 e. The number of sulfonamides is 1. The molecule has 2 amide bonds. The van der Waals surface area contributed by atoms with E-state index in [1.165, 1.54) is 24.1 Å². The molecule has 1 N–H and O–H groups in total. The van der Waals surface area contributed by atoms with Crippen LogP contribution in [0.4, 0.5) is 5.69 Å². The first-order valence-corrected chi connectivity index (χ1v) is 13.7. The van der Waals surface area contributed by atoms with Crippen LogP contribution in [0.3, 0.4) is 0 Å². The van der Waals surface area contributed by atoms with Crippen molar-refractivity contribution < 1.29 is 18.0 Å². The van der Waals surface area contributed by atoms with Crippen LogP contribution in [0.15, 0.2) is 71.6 Å². The van der Waals surface area contributed by atoms with E-state index in [0.717, 1.165) is 15.4 Å². The fraction of sp³-hybridized carbons (Fsp3) is 0.259. The molecule has 0 bridgehead atoms. The number of anilines is 1. The van der Waals surface area contributed by atoms with Crippen molar-refractivity contribution in [1.82, 2.24) is 10.2 Å². The Morgan fingerprint density at radius 1 is 0.946 bits per heavy atom. The fourth-order valence-corrected chi connectivity index (χ4v) is 5.86. The minimum Gasteiger partial charge on any atom is -0.357 e. The average Bonchev–Trinajstić information content (AvgIpc) is 2.85. The van der Waals surface area contributed by atoms with Crippen LogP contribution >= 0.6 is 23.2 Å². The molecule has 0 spiro atoms. The highest BCUT2D eigenvalue weighted by molar-refractivity contribution is 7.92. The van der Waals surface area contributed by atoms with E-state index in [1.54, 1.807) is 55.5 Å². The zero-order valence-electron chi connectivity index (χ0n) is 21.0. The van der Waals surface area contributed by atoms with E-state index in [4.69, 9.17) is 23.2 Å². The lowest BCUT2D eigenvalue weighted by Crippen LogP contribution is -2.50. The predicted molar refractivity (Wildman–Crippen MR) is 147 cm³/mol. The maximum atomic E-state index is 13.8. The van der Waals surface area contributed by atoms with Crippen molar-refractivity contribution in [3.63, 3.8) is 0 Å². The van der Waals surface area contributed by atoms with Gasteiger partial charge in [0.05, 0.1) is 10.6 Å². The summed E-state index contributed by atoms with van der Waals surface area (Å²) in [6, 6.07) is 17.2. The average molecular weight is 563 g/mol. The number of nitrogens with zero attached hydrogens (tertiary/aromatic N) is 2. The Labute approximate surface area is 228 Å². The summed E-state index contributed by atoms with van der Waals surface area (Å²) in [5.74, 6) is -0.969. The Morgan fingerprint density at radius 2 is 1.57 bits per heavy atom. The van der Waals surface area contributed by atoms with Gasteiger partial charge >= 0.3 is 0 Å². The van der Waals surface area contributed by atoms with Crippen LogP contribution < -0.4 is 9.62 Å². The minimum atomic E-state index is -4.11. The smallest absolute Gasteiger partial charge is 0.264 e. The molecule has 3 rings (SSSR count). The van der Waals surface area contributed by atoms with Gasteiger partial charge in [0.2, 0.25) is 11.8 Å². The van der Waals surface area contributed by atoms with E-state index in [-0.39, 0.29) is 11.4 Å². The molecule has 0 aliphatic heterocycles. The molecule has 0 fully saturated rings. The first-order chi connectivity index (χ1) is 17.4. The van der Waals surface area contributed by atoms with Crippen molar-refractivity contribution in [2.24, 2.45) is 0 Å². The summed E-state index contributed by atoms with van der Waals surface area (Å²) in [6.45, 7) is 4.75. The van der Waals surface area contributed by atoms with E-state index in [2.05, 4.69) is 5.32 Å². The Balaban J connectivity index is 2.07. The van der Waals surface area contributed by atoms with Crippen molar-refractivity contribution in [3.05, 3.63) is 93.5 Å². The van der Waals surface area contributed by atoms with E-state index in [1.807, 2.05) is 19.9 Å². The molecule has 0 aromatic heterocycles. The zero-order valence-corrected chi connectivity index (χ0v) is 23.4. The molecular formula is C27H29Cl2N3O4S. The summed E-state index contributed by atoms with van der Waals surface area (Å²) in [7, 11) is -2.64. The van der Waals surface area contributed by atoms with Crippen molar-refractivity contribution in [2.75, 3.05) is 17.9 Å². The molecule has 10 heteroatoms. The van der Waals surface area contributed by atoms with Gasteiger partial charge in [-0.25, -0.2) is 8.42 Å². The number of carbonyl (C=O) groups excluding carboxylic acids is 2. The minimum absolute atomic E-state index is 0.0184. The molecule has 1 atom stereocenters. The van der Waals surface area contributed by atoms with Gasteiger partial charge in [-0.15, -0.1) is 0 Å². The number of hydrogen-bond donors (Lipinski definition) is 1. The first kappa shape index (κ1) is 28.5. The van der Waals surface area contributed by atoms with Crippen molar-refractivity contribution >= 4 is 50.7 Å². The molecule has 0 saturated heterocycles. The quantitative estimate of drug-likeness (QED) is 0.399. The van der Waals surface area contributed by atoms with Gasteiger partial charge in [0.15, 0.2) is 0 Å². The normalized spacial score (nSPS) is 12.1. The highest BCUT2D eigenvalue weighted by Crippen LogP contribution is 2.27. The summed E-state index contributed by atoms with van der Waals surface area (Å²) < 4.78 is 28.6. The van der Waals surface area contributed by atoms with E-state index in [0.29, 0.717) is 21.3 Å². The fourth-order valence-electron chi connectivity index (χ4n) is 3.97. The predicted octanol–water partition coefficient (Wildman–Crippen LogP) is 4.97. The number of aryl methyl sites for hydroxylation is 2. The van der Waals surface area contributed by atoms with Crippen LogP contribution in [0.5, 0.6) is 0 Å². The third-order valence-corrected chi connectivity index (χ3v) is 8.25. The van der Waals surface area contributed by atoms with Gasteiger partial charge in [0, 0.05) is 23.6 Å². The SMILES string of the molecule is CNC(=O)[C@@H](C)N(Cc1ccc(Cl)cc1Cl)C(=O)CN(c1cc(C)cc(C)c1)S(=O)(=O)c1ccccc1. The van der Waals surface area contributed by atoms with Crippen LogP contribution in [0.25, 0.3) is 0 Å². The number of amides is 2. The highest BCUT2D eigenvalue weighted by atomic mass is 35.5. The van der Waals surface area contributed by atoms with Crippen LogP contribution in [-0.2, 0) is 26.2 Å². The zero-order chi connectivity index (χ0) is 27.3. The molecule has 3 aromatic carbocycles. The summed E-state index contributed by atoms with van der Waals surface area (Å²) in [6.07, 6.45) is 0. The van der Waals surface area contributed by atoms with Crippen LogP contribution in [0, 0.1) is 13.8 Å². The Hall–Kier alpha value is -3.07. The maximum absolute atomic E-state index is 13.8. The van der Waals surface area contributed by atoms with Gasteiger partial charge in [-0.3, -0.25) is 13.9 Å². The van der Waals surface area contributed by atoms with Gasteiger partial charge in [-0.1, -0.05) is 53.5 Å². The van der Waals surface area contributed by atoms with Crippen molar-refractivity contribution in [2.45, 2.75) is 38.3 Å². The van der Waals surface area contributed by atoms with E-state index < -0.39 is 34.4 Å². The molecule has 0 unspecified atom stereocenters. The van der Waals surface area contributed by atoms with Crippen molar-refractivity contribution in [1.29, 1.82) is 0 Å². The first-order valence-electron chi connectivity index (χ1n) is 11.5. The number of likely N-dealkylation sites (N-methyl/N-ethyl adjacent to an activating group) is 1. The van der Waals surface area contributed by atoms with Gasteiger partial charge in [-0.2, -0.15) is 0 Å². The Morgan fingerprint density at radius 3 is 2.14 bits per heavy atom. The highest BCUT2D eigenvalue weighted by Gasteiger charge is 2.32. The summed E-state index contributed by atoms with van der Waals surface area (Å²) in [5, 5.41) is 3.31. The Bertz CT molecular complexity index is 1380. The molecule has 37 heavy (non-hydrogen) atoms. The topological polar surface area (TPSA) is 86.8 Å². The summed E-state index contributed by atoms with van der Waals surface area (Å²) in [5.41, 5.74) is 2.62.